The van der Waals surface area contributed by atoms with Gasteiger partial charge in [-0.25, -0.2) is 4.39 Å². The molecule has 0 aromatic heterocycles. The molecule has 0 spiro atoms. The van der Waals surface area contributed by atoms with E-state index in [1.54, 1.807) is 0 Å². The lowest BCUT2D eigenvalue weighted by Gasteiger charge is -2.31. The Labute approximate surface area is 111 Å². The summed E-state index contributed by atoms with van der Waals surface area (Å²) in [5.74, 6) is -2.78. The maximum absolute atomic E-state index is 14.0. The van der Waals surface area contributed by atoms with Crippen molar-refractivity contribution >= 4 is 5.97 Å². The van der Waals surface area contributed by atoms with Gasteiger partial charge in [0, 0.05) is 0 Å². The molecule has 2 atom stereocenters. The van der Waals surface area contributed by atoms with Crippen LogP contribution < -0.4 is 4.74 Å². The van der Waals surface area contributed by atoms with E-state index in [-0.39, 0.29) is 17.7 Å². The van der Waals surface area contributed by atoms with Crippen LogP contribution in [0.1, 0.15) is 32.3 Å². The molecule has 0 bridgehead atoms. The van der Waals surface area contributed by atoms with Crippen molar-refractivity contribution in [3.8, 4) is 5.75 Å². The van der Waals surface area contributed by atoms with Crippen LogP contribution in [-0.2, 0) is 10.4 Å². The number of halogens is 1. The topological polar surface area (TPSA) is 66.8 Å². The molecule has 1 rings (SSSR count). The number of aliphatic carboxylic acids is 1. The van der Waals surface area contributed by atoms with E-state index in [9.17, 15) is 19.4 Å². The summed E-state index contributed by atoms with van der Waals surface area (Å²) < 4.78 is 19.0. The van der Waals surface area contributed by atoms with Crippen molar-refractivity contribution in [3.63, 3.8) is 0 Å². The fourth-order valence-electron chi connectivity index (χ4n) is 2.27. The third-order valence-electron chi connectivity index (χ3n) is 3.26. The molecule has 5 heteroatoms. The van der Waals surface area contributed by atoms with Crippen LogP contribution in [0.5, 0.6) is 5.75 Å². The van der Waals surface area contributed by atoms with Crippen molar-refractivity contribution in [1.29, 1.82) is 0 Å². The summed E-state index contributed by atoms with van der Waals surface area (Å²) in [6.45, 7) is 3.12. The molecule has 0 saturated carbocycles. The zero-order chi connectivity index (χ0) is 14.6. The second kappa shape index (κ2) is 6.02. The van der Waals surface area contributed by atoms with Crippen molar-refractivity contribution in [1.82, 2.24) is 0 Å². The van der Waals surface area contributed by atoms with Crippen LogP contribution in [0, 0.1) is 11.7 Å². The zero-order valence-corrected chi connectivity index (χ0v) is 11.3. The van der Waals surface area contributed by atoms with Crippen molar-refractivity contribution in [2.45, 2.75) is 32.3 Å². The third kappa shape index (κ3) is 3.04. The van der Waals surface area contributed by atoms with Crippen LogP contribution in [0.15, 0.2) is 18.2 Å². The normalized spacial score (nSPS) is 15.6. The molecule has 0 heterocycles. The van der Waals surface area contributed by atoms with Crippen molar-refractivity contribution in [2.75, 3.05) is 7.11 Å². The van der Waals surface area contributed by atoms with Gasteiger partial charge in [-0.2, -0.15) is 0 Å². The highest BCUT2D eigenvalue weighted by Gasteiger charge is 2.42. The standard InChI is InChI=1S/C14H19FO4/c1-4-6-9(13(16)17)14(2,18)12-10(15)7-5-8-11(12)19-3/h5,7-9,18H,4,6H2,1-3H3,(H,16,17). The number of aliphatic hydroxyl groups is 1. The Bertz CT molecular complexity index is 457. The predicted molar refractivity (Wildman–Crippen MR) is 68.6 cm³/mol. The fourth-order valence-corrected chi connectivity index (χ4v) is 2.27. The molecule has 1 aromatic carbocycles. The van der Waals surface area contributed by atoms with Crippen molar-refractivity contribution in [2.24, 2.45) is 5.92 Å². The van der Waals surface area contributed by atoms with Crippen LogP contribution in [0.2, 0.25) is 0 Å². The number of methoxy groups -OCH3 is 1. The van der Waals surface area contributed by atoms with Gasteiger partial charge in [0.25, 0.3) is 0 Å². The Kier molecular flexibility index (Phi) is 4.89. The van der Waals surface area contributed by atoms with E-state index in [0.29, 0.717) is 6.42 Å². The molecular formula is C14H19FO4. The van der Waals surface area contributed by atoms with Crippen LogP contribution in [0.4, 0.5) is 4.39 Å². The molecule has 0 aliphatic rings. The van der Waals surface area contributed by atoms with Crippen LogP contribution in [0.25, 0.3) is 0 Å². The van der Waals surface area contributed by atoms with E-state index >= 15 is 0 Å². The Balaban J connectivity index is 3.35. The smallest absolute Gasteiger partial charge is 0.309 e. The van der Waals surface area contributed by atoms with Gasteiger partial charge in [0.05, 0.1) is 18.6 Å². The van der Waals surface area contributed by atoms with Gasteiger partial charge >= 0.3 is 5.97 Å². The first-order valence-electron chi connectivity index (χ1n) is 6.14. The molecule has 0 fully saturated rings. The molecule has 0 aliphatic heterocycles. The summed E-state index contributed by atoms with van der Waals surface area (Å²) >= 11 is 0. The fraction of sp³-hybridized carbons (Fsp3) is 0.500. The summed E-state index contributed by atoms with van der Waals surface area (Å²) in [5.41, 5.74) is -1.95. The molecule has 1 aromatic rings. The van der Waals surface area contributed by atoms with Crippen LogP contribution >= 0.6 is 0 Å². The summed E-state index contributed by atoms with van der Waals surface area (Å²) in [5, 5.41) is 19.8. The van der Waals surface area contributed by atoms with Gasteiger partial charge in [-0.1, -0.05) is 19.4 Å². The molecule has 0 aliphatic carbocycles. The van der Waals surface area contributed by atoms with Gasteiger partial charge in [-0.3, -0.25) is 4.79 Å². The Hall–Kier alpha value is -1.62. The first-order valence-corrected chi connectivity index (χ1v) is 6.14. The molecule has 2 N–H and O–H groups in total. The molecule has 0 amide bonds. The number of hydrogen-bond acceptors (Lipinski definition) is 3. The highest BCUT2D eigenvalue weighted by molar-refractivity contribution is 5.72. The van der Waals surface area contributed by atoms with E-state index < -0.39 is 23.3 Å². The predicted octanol–water partition coefficient (Wildman–Crippen LogP) is 2.54. The molecule has 106 valence electrons. The average molecular weight is 270 g/mol. The first kappa shape index (κ1) is 15.4. The third-order valence-corrected chi connectivity index (χ3v) is 3.26. The lowest BCUT2D eigenvalue weighted by molar-refractivity contribution is -0.152. The summed E-state index contributed by atoms with van der Waals surface area (Å²) in [7, 11) is 1.35. The Morgan fingerprint density at radius 3 is 2.63 bits per heavy atom. The number of carboxylic acid groups (broad SMARTS) is 1. The van der Waals surface area contributed by atoms with E-state index in [4.69, 9.17) is 4.74 Å². The van der Waals surface area contributed by atoms with Gasteiger partial charge in [0.15, 0.2) is 0 Å². The van der Waals surface area contributed by atoms with Gasteiger partial charge in [0.2, 0.25) is 0 Å². The quantitative estimate of drug-likeness (QED) is 0.833. The minimum atomic E-state index is -1.83. The second-order valence-electron chi connectivity index (χ2n) is 4.64. The minimum absolute atomic E-state index is 0.113. The first-order chi connectivity index (χ1) is 8.86. The average Bonchev–Trinajstić information content (AvgIpc) is 2.34. The lowest BCUT2D eigenvalue weighted by atomic mass is 9.79. The minimum Gasteiger partial charge on any atom is -0.496 e. The number of carbonyl (C=O) groups is 1. The molecule has 0 saturated heterocycles. The largest absolute Gasteiger partial charge is 0.496 e. The van der Waals surface area contributed by atoms with Gasteiger partial charge < -0.3 is 14.9 Å². The maximum Gasteiger partial charge on any atom is 0.309 e. The number of rotatable bonds is 6. The number of carboxylic acids is 1. The summed E-state index contributed by atoms with van der Waals surface area (Å²) in [6, 6.07) is 4.12. The van der Waals surface area contributed by atoms with Crippen LogP contribution in [0.3, 0.4) is 0 Å². The molecule has 4 nitrogen and oxygen atoms in total. The van der Waals surface area contributed by atoms with E-state index in [1.165, 1.54) is 32.2 Å². The van der Waals surface area contributed by atoms with Crippen molar-refractivity contribution < 1.29 is 24.1 Å². The Morgan fingerprint density at radius 1 is 1.53 bits per heavy atom. The maximum atomic E-state index is 14.0. The van der Waals surface area contributed by atoms with E-state index in [1.807, 2.05) is 6.92 Å². The number of benzene rings is 1. The monoisotopic (exact) mass is 270 g/mol. The van der Waals surface area contributed by atoms with E-state index in [0.717, 1.165) is 0 Å². The van der Waals surface area contributed by atoms with Crippen molar-refractivity contribution in [3.05, 3.63) is 29.6 Å². The summed E-state index contributed by atoms with van der Waals surface area (Å²) in [4.78, 5) is 11.3. The van der Waals surface area contributed by atoms with E-state index in [2.05, 4.69) is 0 Å². The molecule has 19 heavy (non-hydrogen) atoms. The molecule has 2 unspecified atom stereocenters. The second-order valence-corrected chi connectivity index (χ2v) is 4.64. The van der Waals surface area contributed by atoms with Gasteiger partial charge in [-0.15, -0.1) is 0 Å². The highest BCUT2D eigenvalue weighted by atomic mass is 19.1. The highest BCUT2D eigenvalue weighted by Crippen LogP contribution is 2.39. The van der Waals surface area contributed by atoms with Gasteiger partial charge in [0.1, 0.15) is 17.2 Å². The van der Waals surface area contributed by atoms with Crippen LogP contribution in [-0.4, -0.2) is 23.3 Å². The SMILES string of the molecule is CCCC(C(=O)O)C(C)(O)c1c(F)cccc1OC. The Morgan fingerprint density at radius 2 is 2.16 bits per heavy atom. The molecular weight excluding hydrogens is 251 g/mol. The number of ether oxygens (including phenoxy) is 1. The lowest BCUT2D eigenvalue weighted by Crippen LogP contribution is -2.38. The number of hydrogen-bond donors (Lipinski definition) is 2. The molecule has 0 radical (unpaired) electrons. The zero-order valence-electron chi connectivity index (χ0n) is 11.3. The van der Waals surface area contributed by atoms with Gasteiger partial charge in [-0.05, 0) is 25.5 Å². The summed E-state index contributed by atoms with van der Waals surface area (Å²) in [6.07, 6.45) is 0.823.